The molecule has 3 heterocycles. The number of fused-ring (bicyclic) bond motifs is 1. The molecule has 1 unspecified atom stereocenters. The number of amides is 1. The highest BCUT2D eigenvalue weighted by molar-refractivity contribution is 5.91. The fourth-order valence-electron chi connectivity index (χ4n) is 3.37. The Balaban J connectivity index is 1.73. The smallest absolute Gasteiger partial charge is 0.345 e. The lowest BCUT2D eigenvalue weighted by Crippen LogP contribution is -2.43. The molecule has 0 radical (unpaired) electrons. The normalized spacial score (nSPS) is 12.5. The van der Waals surface area contributed by atoms with Crippen LogP contribution in [0.1, 0.15) is 11.6 Å². The number of aromatic nitrogens is 5. The molecule has 1 atom stereocenters. The predicted octanol–water partition coefficient (Wildman–Crippen LogP) is 3.41. The van der Waals surface area contributed by atoms with E-state index in [1.54, 1.807) is 42.7 Å². The van der Waals surface area contributed by atoms with Crippen molar-refractivity contribution in [2.24, 2.45) is 0 Å². The van der Waals surface area contributed by atoms with Crippen molar-refractivity contribution < 1.29 is 22.4 Å². The largest absolute Gasteiger partial charge is 0.405 e. The Morgan fingerprint density at radius 2 is 1.94 bits per heavy atom. The van der Waals surface area contributed by atoms with E-state index in [0.29, 0.717) is 22.2 Å². The van der Waals surface area contributed by atoms with Gasteiger partial charge in [0.05, 0.1) is 6.20 Å². The second-order valence-corrected chi connectivity index (χ2v) is 7.11. The molecule has 0 bridgehead atoms. The van der Waals surface area contributed by atoms with Gasteiger partial charge < -0.3 is 15.2 Å². The minimum atomic E-state index is -4.60. The molecule has 2 N–H and O–H groups in total. The van der Waals surface area contributed by atoms with Crippen molar-refractivity contribution in [3.63, 3.8) is 0 Å². The van der Waals surface area contributed by atoms with Gasteiger partial charge in [0.25, 0.3) is 0 Å². The second-order valence-electron chi connectivity index (χ2n) is 7.11. The van der Waals surface area contributed by atoms with Gasteiger partial charge in [-0.25, -0.2) is 24.3 Å². The van der Waals surface area contributed by atoms with Crippen LogP contribution >= 0.6 is 0 Å². The SMILES string of the molecule is CN(c1nc(-c2c[nH]c3ncncc23)ncc1F)C(C(=O)NCC(F)(F)F)c1ccccc1. The molecule has 12 heteroatoms. The fourth-order valence-corrected chi connectivity index (χ4v) is 3.37. The number of alkyl halides is 3. The number of anilines is 1. The standard InChI is InChI=1S/C21H17F4N7O/c1-32(16(12-5-3-2-4-6-12)20(33)29-10-21(23,24)25)19-15(22)9-28-18(31-19)14-8-27-17-13(14)7-26-11-30-17/h2-9,11,16H,10H2,1H3,(H,29,33)(H,26,27,30). The van der Waals surface area contributed by atoms with E-state index < -0.39 is 30.5 Å². The summed E-state index contributed by atoms with van der Waals surface area (Å²) >= 11 is 0. The van der Waals surface area contributed by atoms with Gasteiger partial charge in [0.2, 0.25) is 5.91 Å². The van der Waals surface area contributed by atoms with Gasteiger partial charge in [0, 0.05) is 30.4 Å². The van der Waals surface area contributed by atoms with E-state index in [-0.39, 0.29) is 11.6 Å². The average molecular weight is 459 g/mol. The topological polar surface area (TPSA) is 99.7 Å². The van der Waals surface area contributed by atoms with Crippen LogP contribution in [0.3, 0.4) is 0 Å². The third-order valence-corrected chi connectivity index (χ3v) is 4.87. The maximum atomic E-state index is 14.8. The van der Waals surface area contributed by atoms with Crippen LogP contribution in [0.4, 0.5) is 23.4 Å². The molecule has 0 saturated heterocycles. The third kappa shape index (κ3) is 4.73. The molecule has 0 fully saturated rings. The first kappa shape index (κ1) is 22.1. The number of benzene rings is 1. The summed E-state index contributed by atoms with van der Waals surface area (Å²) < 4.78 is 52.8. The molecule has 3 aromatic heterocycles. The zero-order chi connectivity index (χ0) is 23.6. The van der Waals surface area contributed by atoms with E-state index in [2.05, 4.69) is 24.9 Å². The first-order valence-electron chi connectivity index (χ1n) is 9.67. The molecule has 4 rings (SSSR count). The summed E-state index contributed by atoms with van der Waals surface area (Å²) in [4.78, 5) is 33.2. The zero-order valence-electron chi connectivity index (χ0n) is 17.1. The highest BCUT2D eigenvalue weighted by atomic mass is 19.4. The van der Waals surface area contributed by atoms with E-state index in [1.165, 1.54) is 18.3 Å². The fraction of sp³-hybridized carbons (Fsp3) is 0.190. The molecule has 0 spiro atoms. The minimum absolute atomic E-state index is 0.127. The van der Waals surface area contributed by atoms with Gasteiger partial charge >= 0.3 is 6.18 Å². The summed E-state index contributed by atoms with van der Waals surface area (Å²) in [6.07, 6.45) is 0.826. The number of nitrogens with one attached hydrogen (secondary N) is 2. The predicted molar refractivity (Wildman–Crippen MR) is 112 cm³/mol. The summed E-state index contributed by atoms with van der Waals surface area (Å²) in [5.74, 6) is -1.94. The van der Waals surface area contributed by atoms with E-state index in [1.807, 2.05) is 5.32 Å². The Morgan fingerprint density at radius 3 is 2.67 bits per heavy atom. The van der Waals surface area contributed by atoms with Gasteiger partial charge in [0.1, 0.15) is 24.6 Å². The number of carbonyl (C=O) groups excluding carboxylic acids is 1. The number of halogens is 4. The molecule has 33 heavy (non-hydrogen) atoms. The van der Waals surface area contributed by atoms with Crippen molar-refractivity contribution in [1.29, 1.82) is 0 Å². The molecule has 8 nitrogen and oxygen atoms in total. The molecular weight excluding hydrogens is 442 g/mol. The number of carbonyl (C=O) groups is 1. The average Bonchev–Trinajstić information content (AvgIpc) is 3.23. The van der Waals surface area contributed by atoms with Crippen molar-refractivity contribution >= 4 is 22.8 Å². The number of aromatic amines is 1. The van der Waals surface area contributed by atoms with Gasteiger partial charge in [-0.1, -0.05) is 30.3 Å². The van der Waals surface area contributed by atoms with Gasteiger partial charge in [-0.3, -0.25) is 4.79 Å². The van der Waals surface area contributed by atoms with Crippen LogP contribution in [-0.4, -0.2) is 50.6 Å². The van der Waals surface area contributed by atoms with Gasteiger partial charge in [0.15, 0.2) is 17.5 Å². The number of likely N-dealkylation sites (N-methyl/N-ethyl adjacent to an activating group) is 1. The van der Waals surface area contributed by atoms with Gasteiger partial charge in [-0.2, -0.15) is 13.2 Å². The quantitative estimate of drug-likeness (QED) is 0.429. The first-order chi connectivity index (χ1) is 15.7. The first-order valence-corrected chi connectivity index (χ1v) is 9.67. The van der Waals surface area contributed by atoms with E-state index in [0.717, 1.165) is 6.20 Å². The Kier molecular flexibility index (Phi) is 5.90. The lowest BCUT2D eigenvalue weighted by Gasteiger charge is -2.29. The molecule has 0 aliphatic heterocycles. The molecule has 170 valence electrons. The molecule has 4 aromatic rings. The Hall–Kier alpha value is -4.09. The molecule has 0 aliphatic carbocycles. The van der Waals surface area contributed by atoms with Gasteiger partial charge in [-0.05, 0) is 5.56 Å². The minimum Gasteiger partial charge on any atom is -0.345 e. The monoisotopic (exact) mass is 459 g/mol. The summed E-state index contributed by atoms with van der Waals surface area (Å²) in [6, 6.07) is 6.78. The lowest BCUT2D eigenvalue weighted by molar-refractivity contribution is -0.139. The molecule has 0 aliphatic rings. The van der Waals surface area contributed by atoms with E-state index >= 15 is 0 Å². The molecule has 1 aromatic carbocycles. The van der Waals surface area contributed by atoms with Crippen molar-refractivity contribution in [1.82, 2.24) is 30.2 Å². The Labute approximate surface area is 184 Å². The van der Waals surface area contributed by atoms with Crippen LogP contribution in [0, 0.1) is 5.82 Å². The number of H-pyrrole nitrogens is 1. The second kappa shape index (κ2) is 8.81. The van der Waals surface area contributed by atoms with Crippen molar-refractivity contribution in [3.05, 3.63) is 66.6 Å². The highest BCUT2D eigenvalue weighted by Crippen LogP contribution is 2.30. The maximum absolute atomic E-state index is 14.8. The van der Waals surface area contributed by atoms with Crippen molar-refractivity contribution in [2.75, 3.05) is 18.5 Å². The van der Waals surface area contributed by atoms with Gasteiger partial charge in [-0.15, -0.1) is 0 Å². The number of hydrogen-bond acceptors (Lipinski definition) is 6. The summed E-state index contributed by atoms with van der Waals surface area (Å²) in [6.45, 7) is -1.52. The van der Waals surface area contributed by atoms with Crippen molar-refractivity contribution in [3.8, 4) is 11.4 Å². The van der Waals surface area contributed by atoms with Crippen LogP contribution in [0.5, 0.6) is 0 Å². The van der Waals surface area contributed by atoms with E-state index in [4.69, 9.17) is 0 Å². The summed E-state index contributed by atoms with van der Waals surface area (Å²) in [5, 5.41) is 2.46. The molecular formula is C21H17F4N7O. The Morgan fingerprint density at radius 1 is 1.18 bits per heavy atom. The summed E-state index contributed by atoms with van der Waals surface area (Å²) in [7, 11) is 1.37. The zero-order valence-corrected chi connectivity index (χ0v) is 17.1. The van der Waals surface area contributed by atoms with Crippen LogP contribution < -0.4 is 10.2 Å². The van der Waals surface area contributed by atoms with Crippen LogP contribution in [-0.2, 0) is 4.79 Å². The number of hydrogen-bond donors (Lipinski definition) is 2. The van der Waals surface area contributed by atoms with Crippen LogP contribution in [0.25, 0.3) is 22.4 Å². The Bertz CT molecular complexity index is 1280. The number of nitrogens with zero attached hydrogens (tertiary/aromatic N) is 5. The molecule has 1 amide bonds. The number of rotatable bonds is 6. The van der Waals surface area contributed by atoms with Crippen LogP contribution in [0.15, 0.2) is 55.2 Å². The third-order valence-electron chi connectivity index (χ3n) is 4.87. The lowest BCUT2D eigenvalue weighted by atomic mass is 10.0. The summed E-state index contributed by atoms with van der Waals surface area (Å²) in [5.41, 5.74) is 1.38. The van der Waals surface area contributed by atoms with Crippen molar-refractivity contribution in [2.45, 2.75) is 12.2 Å². The van der Waals surface area contributed by atoms with Crippen LogP contribution in [0.2, 0.25) is 0 Å². The van der Waals surface area contributed by atoms with E-state index in [9.17, 15) is 22.4 Å². The maximum Gasteiger partial charge on any atom is 0.405 e. The molecule has 0 saturated carbocycles. The highest BCUT2D eigenvalue weighted by Gasteiger charge is 2.33.